The van der Waals surface area contributed by atoms with E-state index < -0.39 is 0 Å². The second kappa shape index (κ2) is 5.83. The van der Waals surface area contributed by atoms with Gasteiger partial charge in [-0.1, -0.05) is 23.7 Å². The molecule has 1 N–H and O–H groups in total. The normalized spacial score (nSPS) is 14.9. The van der Waals surface area contributed by atoms with Gasteiger partial charge in [0.2, 0.25) is 0 Å². The molecule has 0 saturated carbocycles. The number of hydrogen-bond acceptors (Lipinski definition) is 3. The zero-order valence-corrected chi connectivity index (χ0v) is 13.7. The van der Waals surface area contributed by atoms with Gasteiger partial charge >= 0.3 is 0 Å². The molecule has 0 aliphatic carbocycles. The van der Waals surface area contributed by atoms with Crippen LogP contribution in [0.1, 0.15) is 16.7 Å². The number of rotatable bonds is 3. The maximum Gasteiger partial charge on any atom is 0.110 e. The first kappa shape index (κ1) is 14.5. The average molecular weight is 328 g/mol. The van der Waals surface area contributed by atoms with Crippen LogP contribution in [0.15, 0.2) is 36.7 Å². The topological polar surface area (TPSA) is 49.7 Å². The van der Waals surface area contributed by atoms with Crippen LogP contribution in [-0.4, -0.2) is 31.4 Å². The van der Waals surface area contributed by atoms with Crippen molar-refractivity contribution in [1.82, 2.24) is 24.9 Å². The molecule has 0 spiro atoms. The molecule has 4 rings (SSSR count). The van der Waals surface area contributed by atoms with Crippen LogP contribution >= 0.6 is 11.6 Å². The van der Waals surface area contributed by atoms with Crippen LogP contribution in [0.25, 0.3) is 11.4 Å². The third kappa shape index (κ3) is 2.78. The number of nitrogens with one attached hydrogen (secondary N) is 1. The van der Waals surface area contributed by atoms with E-state index in [4.69, 9.17) is 11.6 Å². The minimum atomic E-state index is 0.840. The van der Waals surface area contributed by atoms with E-state index in [0.717, 1.165) is 42.5 Å². The van der Waals surface area contributed by atoms with Crippen molar-refractivity contribution < 1.29 is 0 Å². The van der Waals surface area contributed by atoms with E-state index in [1.165, 1.54) is 16.7 Å². The van der Waals surface area contributed by atoms with Gasteiger partial charge in [-0.3, -0.25) is 14.7 Å². The molecule has 118 valence electrons. The molecule has 0 unspecified atom stereocenters. The van der Waals surface area contributed by atoms with Crippen LogP contribution < -0.4 is 0 Å². The first-order chi connectivity index (χ1) is 11.2. The molecule has 1 aromatic carbocycles. The summed E-state index contributed by atoms with van der Waals surface area (Å²) in [4.78, 5) is 2.41. The molecular formula is C17H18ClN5. The van der Waals surface area contributed by atoms with Crippen molar-refractivity contribution >= 4 is 11.6 Å². The molecule has 5 nitrogen and oxygen atoms in total. The number of hydrogen-bond donors (Lipinski definition) is 1. The lowest BCUT2D eigenvalue weighted by Gasteiger charge is -2.29. The molecule has 0 fully saturated rings. The predicted molar refractivity (Wildman–Crippen MR) is 90.1 cm³/mol. The molecule has 3 heterocycles. The number of aromatic nitrogens is 4. The van der Waals surface area contributed by atoms with Gasteiger partial charge in [0.05, 0.1) is 11.9 Å². The SMILES string of the molecule is Cn1ccc(-c2[nH]ncc2CN2CCc3cccc(Cl)c3C2)n1. The molecule has 1 aliphatic rings. The summed E-state index contributed by atoms with van der Waals surface area (Å²) < 4.78 is 1.80. The molecule has 6 heteroatoms. The Balaban J connectivity index is 1.56. The van der Waals surface area contributed by atoms with Crippen molar-refractivity contribution in [2.75, 3.05) is 6.54 Å². The number of benzene rings is 1. The molecule has 2 aromatic heterocycles. The lowest BCUT2D eigenvalue weighted by atomic mass is 9.99. The lowest BCUT2D eigenvalue weighted by Crippen LogP contribution is -2.30. The fraction of sp³-hybridized carbons (Fsp3) is 0.294. The number of fused-ring (bicyclic) bond motifs is 1. The second-order valence-electron chi connectivity index (χ2n) is 5.98. The first-order valence-electron chi connectivity index (χ1n) is 7.71. The van der Waals surface area contributed by atoms with E-state index in [2.05, 4.69) is 26.3 Å². The third-order valence-corrected chi connectivity index (χ3v) is 4.73. The van der Waals surface area contributed by atoms with E-state index >= 15 is 0 Å². The van der Waals surface area contributed by atoms with E-state index in [0.29, 0.717) is 0 Å². The van der Waals surface area contributed by atoms with Crippen LogP contribution in [0.2, 0.25) is 5.02 Å². The number of aryl methyl sites for hydroxylation is 1. The van der Waals surface area contributed by atoms with Gasteiger partial charge in [0.15, 0.2) is 0 Å². The van der Waals surface area contributed by atoms with Crippen LogP contribution in [0.4, 0.5) is 0 Å². The molecule has 1 aliphatic heterocycles. The highest BCUT2D eigenvalue weighted by atomic mass is 35.5. The molecule has 23 heavy (non-hydrogen) atoms. The number of nitrogens with zero attached hydrogens (tertiary/aromatic N) is 4. The quantitative estimate of drug-likeness (QED) is 0.804. The molecule has 0 amide bonds. The Morgan fingerprint density at radius 3 is 3.04 bits per heavy atom. The van der Waals surface area contributed by atoms with Gasteiger partial charge in [0.25, 0.3) is 0 Å². The van der Waals surface area contributed by atoms with Gasteiger partial charge in [0, 0.05) is 43.5 Å². The smallest absolute Gasteiger partial charge is 0.110 e. The van der Waals surface area contributed by atoms with E-state index in [-0.39, 0.29) is 0 Å². The monoisotopic (exact) mass is 327 g/mol. The second-order valence-corrected chi connectivity index (χ2v) is 6.39. The van der Waals surface area contributed by atoms with Crippen molar-refractivity contribution in [1.29, 1.82) is 0 Å². The van der Waals surface area contributed by atoms with Crippen molar-refractivity contribution in [3.05, 3.63) is 58.4 Å². The number of aromatic amines is 1. The van der Waals surface area contributed by atoms with Crippen LogP contribution in [0.5, 0.6) is 0 Å². The zero-order valence-electron chi connectivity index (χ0n) is 13.0. The van der Waals surface area contributed by atoms with Gasteiger partial charge in [0.1, 0.15) is 5.69 Å². The van der Waals surface area contributed by atoms with Crippen molar-refractivity contribution in [3.8, 4) is 11.4 Å². The molecule has 0 atom stereocenters. The first-order valence-corrected chi connectivity index (χ1v) is 8.09. The van der Waals surface area contributed by atoms with Crippen molar-refractivity contribution in [3.63, 3.8) is 0 Å². The Kier molecular flexibility index (Phi) is 3.67. The number of H-pyrrole nitrogens is 1. The highest BCUT2D eigenvalue weighted by Gasteiger charge is 2.20. The fourth-order valence-electron chi connectivity index (χ4n) is 3.17. The summed E-state index contributed by atoms with van der Waals surface area (Å²) in [6, 6.07) is 8.18. The third-order valence-electron chi connectivity index (χ3n) is 4.38. The van der Waals surface area contributed by atoms with Gasteiger partial charge < -0.3 is 0 Å². The van der Waals surface area contributed by atoms with Crippen LogP contribution in [-0.2, 0) is 26.6 Å². The summed E-state index contributed by atoms with van der Waals surface area (Å²) in [6.45, 7) is 2.75. The summed E-state index contributed by atoms with van der Waals surface area (Å²) in [7, 11) is 1.92. The predicted octanol–water partition coefficient (Wildman–Crippen LogP) is 3.02. The summed E-state index contributed by atoms with van der Waals surface area (Å²) in [5.41, 5.74) is 5.71. The highest BCUT2D eigenvalue weighted by Crippen LogP contribution is 2.28. The Hall–Kier alpha value is -2.11. The Morgan fingerprint density at radius 1 is 1.30 bits per heavy atom. The Morgan fingerprint density at radius 2 is 2.22 bits per heavy atom. The standard InChI is InChI=1S/C17H18ClN5/c1-22-7-6-16(21-22)17-13(9-19-20-17)10-23-8-5-12-3-2-4-15(18)14(12)11-23/h2-4,6-7,9H,5,8,10-11H2,1H3,(H,19,20). The minimum Gasteiger partial charge on any atom is -0.294 e. The summed E-state index contributed by atoms with van der Waals surface area (Å²) in [6.07, 6.45) is 4.87. The highest BCUT2D eigenvalue weighted by molar-refractivity contribution is 6.31. The Bertz CT molecular complexity index is 835. The summed E-state index contributed by atoms with van der Waals surface area (Å²) >= 11 is 6.36. The average Bonchev–Trinajstić information content (AvgIpc) is 3.17. The van der Waals surface area contributed by atoms with Crippen LogP contribution in [0, 0.1) is 0 Å². The molecule has 3 aromatic rings. The van der Waals surface area contributed by atoms with E-state index in [1.54, 1.807) is 4.68 Å². The molecule has 0 bridgehead atoms. The zero-order chi connectivity index (χ0) is 15.8. The van der Waals surface area contributed by atoms with Crippen molar-refractivity contribution in [2.45, 2.75) is 19.5 Å². The van der Waals surface area contributed by atoms with Crippen LogP contribution in [0.3, 0.4) is 0 Å². The summed E-state index contributed by atoms with van der Waals surface area (Å²) in [5.74, 6) is 0. The van der Waals surface area contributed by atoms with Gasteiger partial charge in [-0.15, -0.1) is 0 Å². The summed E-state index contributed by atoms with van der Waals surface area (Å²) in [5, 5.41) is 12.6. The maximum atomic E-state index is 6.36. The largest absolute Gasteiger partial charge is 0.294 e. The Labute approximate surface area is 139 Å². The lowest BCUT2D eigenvalue weighted by molar-refractivity contribution is 0.246. The van der Waals surface area contributed by atoms with Gasteiger partial charge in [-0.2, -0.15) is 10.2 Å². The number of halogens is 1. The van der Waals surface area contributed by atoms with E-state index in [1.807, 2.05) is 37.6 Å². The molecule has 0 radical (unpaired) electrons. The maximum absolute atomic E-state index is 6.36. The molecule has 0 saturated heterocycles. The van der Waals surface area contributed by atoms with Gasteiger partial charge in [-0.05, 0) is 29.7 Å². The van der Waals surface area contributed by atoms with Crippen molar-refractivity contribution in [2.24, 2.45) is 7.05 Å². The van der Waals surface area contributed by atoms with Gasteiger partial charge in [-0.25, -0.2) is 0 Å². The fourth-order valence-corrected chi connectivity index (χ4v) is 3.43. The van der Waals surface area contributed by atoms with E-state index in [9.17, 15) is 0 Å². The minimum absolute atomic E-state index is 0.840. The molecular weight excluding hydrogens is 310 g/mol.